The monoisotopic (exact) mass is 218 g/mol. The Hall–Kier alpha value is -0.930. The van der Waals surface area contributed by atoms with Gasteiger partial charge >= 0.3 is 0 Å². The molecule has 16 heavy (non-hydrogen) atoms. The molecule has 1 N–H and O–H groups in total. The molecule has 2 atom stereocenters. The van der Waals surface area contributed by atoms with E-state index in [2.05, 4.69) is 9.88 Å². The molecule has 3 nitrogen and oxygen atoms in total. The Labute approximate surface area is 96.1 Å². The predicted molar refractivity (Wildman–Crippen MR) is 61.9 cm³/mol. The Bertz CT molecular complexity index is 346. The average Bonchev–Trinajstić information content (AvgIpc) is 2.40. The summed E-state index contributed by atoms with van der Waals surface area (Å²) in [7, 11) is 0. The molecule has 4 heterocycles. The van der Waals surface area contributed by atoms with Crippen molar-refractivity contribution in [2.24, 2.45) is 5.92 Å². The molecule has 3 aliphatic heterocycles. The number of piperidine rings is 3. The fourth-order valence-electron chi connectivity index (χ4n) is 3.11. The van der Waals surface area contributed by atoms with Crippen molar-refractivity contribution in [3.63, 3.8) is 0 Å². The number of rotatable bonds is 2. The minimum Gasteiger partial charge on any atom is -0.387 e. The molecule has 3 heteroatoms. The van der Waals surface area contributed by atoms with Crippen LogP contribution in [0.3, 0.4) is 0 Å². The molecule has 0 aliphatic carbocycles. The lowest BCUT2D eigenvalue weighted by Crippen LogP contribution is -2.51. The molecule has 4 rings (SSSR count). The molecule has 1 aromatic heterocycles. The highest BCUT2D eigenvalue weighted by Crippen LogP contribution is 2.37. The Kier molecular flexibility index (Phi) is 2.65. The van der Waals surface area contributed by atoms with Crippen molar-refractivity contribution in [3.05, 3.63) is 30.1 Å². The van der Waals surface area contributed by atoms with Gasteiger partial charge in [-0.1, -0.05) is 6.07 Å². The predicted octanol–water partition coefficient (Wildman–Crippen LogP) is 1.60. The van der Waals surface area contributed by atoms with E-state index in [-0.39, 0.29) is 6.10 Å². The Balaban J connectivity index is 1.78. The van der Waals surface area contributed by atoms with Gasteiger partial charge in [0.25, 0.3) is 0 Å². The second kappa shape index (κ2) is 4.15. The van der Waals surface area contributed by atoms with Crippen LogP contribution in [-0.2, 0) is 0 Å². The number of hydrogen-bond donors (Lipinski definition) is 1. The third-order valence-corrected chi connectivity index (χ3v) is 4.08. The number of hydrogen-bond acceptors (Lipinski definition) is 3. The van der Waals surface area contributed by atoms with E-state index in [0.29, 0.717) is 6.04 Å². The van der Waals surface area contributed by atoms with Gasteiger partial charge in [0.15, 0.2) is 0 Å². The fourth-order valence-corrected chi connectivity index (χ4v) is 3.11. The van der Waals surface area contributed by atoms with Crippen molar-refractivity contribution in [1.29, 1.82) is 0 Å². The smallest absolute Gasteiger partial charge is 0.0960 e. The van der Waals surface area contributed by atoms with Crippen LogP contribution in [0.15, 0.2) is 24.5 Å². The van der Waals surface area contributed by atoms with Gasteiger partial charge in [-0.3, -0.25) is 9.88 Å². The van der Waals surface area contributed by atoms with Crippen LogP contribution in [0, 0.1) is 5.92 Å². The van der Waals surface area contributed by atoms with Crippen LogP contribution in [0.4, 0.5) is 0 Å². The molecule has 2 bridgehead atoms. The first-order valence-electron chi connectivity index (χ1n) is 6.16. The van der Waals surface area contributed by atoms with E-state index < -0.39 is 0 Å². The van der Waals surface area contributed by atoms with Crippen molar-refractivity contribution < 1.29 is 5.11 Å². The molecular formula is C13H18N2O. The Morgan fingerprint density at radius 1 is 1.38 bits per heavy atom. The van der Waals surface area contributed by atoms with E-state index in [9.17, 15) is 5.11 Å². The van der Waals surface area contributed by atoms with Gasteiger partial charge in [0, 0.05) is 24.0 Å². The van der Waals surface area contributed by atoms with Gasteiger partial charge in [-0.25, -0.2) is 0 Å². The first kappa shape index (κ1) is 10.2. The Morgan fingerprint density at radius 2 is 2.19 bits per heavy atom. The summed E-state index contributed by atoms with van der Waals surface area (Å²) in [6, 6.07) is 4.19. The van der Waals surface area contributed by atoms with Crippen LogP contribution in [0.2, 0.25) is 0 Å². The highest BCUT2D eigenvalue weighted by atomic mass is 16.3. The number of aromatic nitrogens is 1. The second-order valence-corrected chi connectivity index (χ2v) is 5.01. The van der Waals surface area contributed by atoms with Gasteiger partial charge in [0.1, 0.15) is 0 Å². The molecule has 3 aliphatic rings. The summed E-state index contributed by atoms with van der Waals surface area (Å²) in [4.78, 5) is 6.53. The van der Waals surface area contributed by atoms with Gasteiger partial charge in [-0.15, -0.1) is 0 Å². The lowest BCUT2D eigenvalue weighted by Gasteiger charge is -2.47. The molecule has 0 radical (unpaired) electrons. The van der Waals surface area contributed by atoms with Crippen molar-refractivity contribution >= 4 is 0 Å². The summed E-state index contributed by atoms with van der Waals surface area (Å²) in [5.74, 6) is 0.835. The normalized spacial score (nSPS) is 34.9. The molecule has 0 amide bonds. The number of nitrogens with zero attached hydrogens (tertiary/aromatic N) is 2. The minimum absolute atomic E-state index is 0.316. The van der Waals surface area contributed by atoms with Crippen molar-refractivity contribution in [2.45, 2.75) is 31.4 Å². The van der Waals surface area contributed by atoms with Crippen LogP contribution in [-0.4, -0.2) is 34.1 Å². The number of aliphatic hydroxyl groups excluding tert-OH is 1. The van der Waals surface area contributed by atoms with E-state index in [1.165, 1.54) is 12.8 Å². The molecule has 3 saturated heterocycles. The molecule has 3 fully saturated rings. The van der Waals surface area contributed by atoms with Gasteiger partial charge in [0.05, 0.1) is 6.10 Å². The van der Waals surface area contributed by atoms with Crippen LogP contribution in [0.25, 0.3) is 0 Å². The maximum absolute atomic E-state index is 10.4. The molecule has 0 saturated carbocycles. The maximum Gasteiger partial charge on any atom is 0.0960 e. The molecule has 1 aromatic rings. The molecule has 86 valence electrons. The quantitative estimate of drug-likeness (QED) is 0.819. The summed E-state index contributed by atoms with van der Waals surface area (Å²) >= 11 is 0. The zero-order valence-electron chi connectivity index (χ0n) is 9.42. The number of fused-ring (bicyclic) bond motifs is 3. The van der Waals surface area contributed by atoms with Crippen LogP contribution < -0.4 is 0 Å². The maximum atomic E-state index is 10.4. The number of aliphatic hydroxyl groups is 1. The third kappa shape index (κ3) is 1.74. The summed E-state index contributed by atoms with van der Waals surface area (Å²) in [6.45, 7) is 2.32. The van der Waals surface area contributed by atoms with E-state index in [4.69, 9.17) is 0 Å². The summed E-state index contributed by atoms with van der Waals surface area (Å²) in [6.07, 6.45) is 6.96. The highest BCUT2D eigenvalue weighted by Gasteiger charge is 2.37. The first-order valence-corrected chi connectivity index (χ1v) is 6.16. The van der Waals surface area contributed by atoms with E-state index in [1.807, 2.05) is 12.1 Å². The van der Waals surface area contributed by atoms with Crippen molar-refractivity contribution in [3.8, 4) is 0 Å². The zero-order chi connectivity index (χ0) is 11.0. The molecule has 0 aromatic carbocycles. The van der Waals surface area contributed by atoms with Gasteiger partial charge in [-0.05, 0) is 44.3 Å². The lowest BCUT2D eigenvalue weighted by atomic mass is 9.80. The standard InChI is InChI=1S/C13H18N2O/c16-13(11-2-1-5-14-9-11)12-8-10-3-6-15(12)7-4-10/h1-2,5,9-10,12-13,16H,3-4,6-8H2. The summed E-state index contributed by atoms with van der Waals surface area (Å²) in [5, 5.41) is 10.4. The highest BCUT2D eigenvalue weighted by molar-refractivity contribution is 5.15. The first-order chi connectivity index (χ1) is 7.84. The van der Waals surface area contributed by atoms with Crippen LogP contribution in [0.5, 0.6) is 0 Å². The molecular weight excluding hydrogens is 200 g/mol. The van der Waals surface area contributed by atoms with Gasteiger partial charge in [0.2, 0.25) is 0 Å². The number of pyridine rings is 1. The van der Waals surface area contributed by atoms with Crippen molar-refractivity contribution in [2.75, 3.05) is 13.1 Å². The van der Waals surface area contributed by atoms with Crippen LogP contribution in [0.1, 0.15) is 30.9 Å². The average molecular weight is 218 g/mol. The fraction of sp³-hybridized carbons (Fsp3) is 0.615. The third-order valence-electron chi connectivity index (χ3n) is 4.08. The largest absolute Gasteiger partial charge is 0.387 e. The summed E-state index contributed by atoms with van der Waals surface area (Å²) in [5.41, 5.74) is 0.958. The minimum atomic E-state index is -0.364. The summed E-state index contributed by atoms with van der Waals surface area (Å²) < 4.78 is 0. The lowest BCUT2D eigenvalue weighted by molar-refractivity contribution is -0.0270. The topological polar surface area (TPSA) is 36.4 Å². The van der Waals surface area contributed by atoms with Gasteiger partial charge in [-0.2, -0.15) is 0 Å². The molecule has 2 unspecified atom stereocenters. The zero-order valence-corrected chi connectivity index (χ0v) is 9.42. The van der Waals surface area contributed by atoms with Crippen molar-refractivity contribution in [1.82, 2.24) is 9.88 Å². The second-order valence-electron chi connectivity index (χ2n) is 5.01. The van der Waals surface area contributed by atoms with Gasteiger partial charge < -0.3 is 5.11 Å². The van der Waals surface area contributed by atoms with E-state index in [1.54, 1.807) is 12.4 Å². The SMILES string of the molecule is OC(c1cccnc1)C1CC2CCN1CC2. The van der Waals surface area contributed by atoms with E-state index in [0.717, 1.165) is 31.0 Å². The Morgan fingerprint density at radius 3 is 2.75 bits per heavy atom. The molecule has 0 spiro atoms. The van der Waals surface area contributed by atoms with Crippen LogP contribution >= 0.6 is 0 Å². The van der Waals surface area contributed by atoms with E-state index >= 15 is 0 Å².